The van der Waals surface area contributed by atoms with Gasteiger partial charge in [-0.25, -0.2) is 0 Å². The summed E-state index contributed by atoms with van der Waals surface area (Å²) in [7, 11) is 0. The summed E-state index contributed by atoms with van der Waals surface area (Å²) < 4.78 is 0. The monoisotopic (exact) mass is 279 g/mol. The van der Waals surface area contributed by atoms with Crippen molar-refractivity contribution in [1.82, 2.24) is 15.5 Å². The highest BCUT2D eigenvalue weighted by Gasteiger charge is 2.20. The van der Waals surface area contributed by atoms with Gasteiger partial charge in [0, 0.05) is 23.9 Å². The van der Waals surface area contributed by atoms with Gasteiger partial charge in [-0.3, -0.25) is 0 Å². The summed E-state index contributed by atoms with van der Waals surface area (Å²) in [4.78, 5) is 1.47. The maximum absolute atomic E-state index is 4.27. The fraction of sp³-hybridized carbons (Fsp3) is 0.538. The summed E-state index contributed by atoms with van der Waals surface area (Å²) >= 11 is 3.60. The summed E-state index contributed by atoms with van der Waals surface area (Å²) in [6.07, 6.45) is 6.04. The molecule has 18 heavy (non-hydrogen) atoms. The largest absolute Gasteiger partial charge is 0.308 e. The van der Waals surface area contributed by atoms with Crippen LogP contribution in [0.3, 0.4) is 0 Å². The third-order valence-electron chi connectivity index (χ3n) is 3.02. The van der Waals surface area contributed by atoms with Crippen molar-refractivity contribution in [3.63, 3.8) is 0 Å². The van der Waals surface area contributed by atoms with Crippen molar-refractivity contribution in [2.75, 3.05) is 0 Å². The summed E-state index contributed by atoms with van der Waals surface area (Å²) in [5.41, 5.74) is 0. The first-order chi connectivity index (χ1) is 8.90. The van der Waals surface area contributed by atoms with Crippen molar-refractivity contribution in [2.45, 2.75) is 44.7 Å². The lowest BCUT2D eigenvalue weighted by Crippen LogP contribution is -2.14. The zero-order chi connectivity index (χ0) is 12.2. The first kappa shape index (κ1) is 12.3. The van der Waals surface area contributed by atoms with Crippen LogP contribution < -0.4 is 5.32 Å². The van der Waals surface area contributed by atoms with Crippen molar-refractivity contribution < 1.29 is 0 Å². The molecule has 1 fully saturated rings. The number of thiophene rings is 1. The van der Waals surface area contributed by atoms with E-state index in [0.717, 1.165) is 30.4 Å². The molecule has 0 bridgehead atoms. The summed E-state index contributed by atoms with van der Waals surface area (Å²) in [5, 5.41) is 16.4. The normalized spacial score (nSPS) is 15.1. The number of nitrogens with zero attached hydrogens (tertiary/aromatic N) is 2. The highest BCUT2D eigenvalue weighted by atomic mass is 32.1. The number of aromatic nitrogens is 2. The predicted molar refractivity (Wildman–Crippen MR) is 76.1 cm³/mol. The van der Waals surface area contributed by atoms with Crippen LogP contribution in [0.5, 0.6) is 0 Å². The quantitative estimate of drug-likeness (QED) is 0.846. The summed E-state index contributed by atoms with van der Waals surface area (Å²) in [5.74, 6) is 0. The molecule has 96 valence electrons. The Bertz CT molecular complexity index is 474. The fourth-order valence-corrected chi connectivity index (χ4v) is 3.44. The second-order valence-corrected chi connectivity index (χ2v) is 6.86. The van der Waals surface area contributed by atoms with E-state index in [1.807, 2.05) is 11.3 Å². The van der Waals surface area contributed by atoms with E-state index >= 15 is 0 Å². The van der Waals surface area contributed by atoms with E-state index in [0.29, 0.717) is 0 Å². The van der Waals surface area contributed by atoms with Gasteiger partial charge in [-0.2, -0.15) is 0 Å². The smallest absolute Gasteiger partial charge is 0.131 e. The molecule has 1 aliphatic rings. The predicted octanol–water partition coefficient (Wildman–Crippen LogP) is 3.03. The minimum absolute atomic E-state index is 0.746. The highest BCUT2D eigenvalue weighted by molar-refractivity contribution is 7.11. The molecule has 3 rings (SSSR count). The van der Waals surface area contributed by atoms with E-state index in [4.69, 9.17) is 0 Å². The van der Waals surface area contributed by atoms with E-state index in [9.17, 15) is 0 Å². The SMILES string of the molecule is c1csc(CCCc2nnc(CNC3CC3)s2)c1. The molecule has 1 aliphatic carbocycles. The molecule has 0 atom stereocenters. The number of rotatable bonds is 7. The fourth-order valence-electron chi connectivity index (χ4n) is 1.85. The molecule has 0 unspecified atom stereocenters. The van der Waals surface area contributed by atoms with Gasteiger partial charge in [0.2, 0.25) is 0 Å². The van der Waals surface area contributed by atoms with Gasteiger partial charge in [-0.15, -0.1) is 32.9 Å². The van der Waals surface area contributed by atoms with Crippen LogP contribution in [0, 0.1) is 0 Å². The molecule has 0 aromatic carbocycles. The Hall–Kier alpha value is -0.780. The van der Waals surface area contributed by atoms with Gasteiger partial charge in [0.1, 0.15) is 10.0 Å². The van der Waals surface area contributed by atoms with E-state index in [1.54, 1.807) is 11.3 Å². The Kier molecular flexibility index (Phi) is 4.02. The first-order valence-electron chi connectivity index (χ1n) is 6.47. The van der Waals surface area contributed by atoms with Crippen LogP contribution in [0.2, 0.25) is 0 Å². The van der Waals surface area contributed by atoms with Crippen LogP contribution in [0.15, 0.2) is 17.5 Å². The topological polar surface area (TPSA) is 37.8 Å². The van der Waals surface area contributed by atoms with Crippen LogP contribution in [0.4, 0.5) is 0 Å². The maximum Gasteiger partial charge on any atom is 0.131 e. The van der Waals surface area contributed by atoms with Gasteiger partial charge in [-0.1, -0.05) is 6.07 Å². The Morgan fingerprint density at radius 2 is 2.11 bits per heavy atom. The number of hydrogen-bond acceptors (Lipinski definition) is 5. The van der Waals surface area contributed by atoms with E-state index < -0.39 is 0 Å². The van der Waals surface area contributed by atoms with Crippen molar-refractivity contribution in [2.24, 2.45) is 0 Å². The summed E-state index contributed by atoms with van der Waals surface area (Å²) in [6.45, 7) is 0.896. The maximum atomic E-state index is 4.27. The third-order valence-corrected chi connectivity index (χ3v) is 4.94. The van der Waals surface area contributed by atoms with Crippen LogP contribution >= 0.6 is 22.7 Å². The standard InChI is InChI=1S/C13H17N3S2/c1(3-11-4-2-8-17-11)5-12-15-16-13(18-12)9-14-10-6-7-10/h2,4,8,10,14H,1,3,5-7,9H2. The lowest BCUT2D eigenvalue weighted by molar-refractivity contribution is 0.677. The second-order valence-electron chi connectivity index (χ2n) is 4.68. The average Bonchev–Trinajstić information content (AvgIpc) is 2.89. The van der Waals surface area contributed by atoms with Crippen LogP contribution in [-0.4, -0.2) is 16.2 Å². The number of hydrogen-bond donors (Lipinski definition) is 1. The molecule has 3 nitrogen and oxygen atoms in total. The van der Waals surface area contributed by atoms with Gasteiger partial charge in [0.25, 0.3) is 0 Å². The number of aryl methyl sites for hydroxylation is 2. The second kappa shape index (κ2) is 5.91. The highest BCUT2D eigenvalue weighted by Crippen LogP contribution is 2.20. The molecule has 2 heterocycles. The van der Waals surface area contributed by atoms with E-state index in [2.05, 4.69) is 33.0 Å². The van der Waals surface area contributed by atoms with Crippen LogP contribution in [0.25, 0.3) is 0 Å². The van der Waals surface area contributed by atoms with E-state index in [1.165, 1.54) is 29.1 Å². The average molecular weight is 279 g/mol. The molecule has 0 saturated heterocycles. The molecule has 1 saturated carbocycles. The van der Waals surface area contributed by atoms with Crippen LogP contribution in [0.1, 0.15) is 34.2 Å². The lowest BCUT2D eigenvalue weighted by Gasteiger charge is -1.96. The lowest BCUT2D eigenvalue weighted by atomic mass is 10.2. The Labute approximate surface area is 115 Å². The Balaban J connectivity index is 1.41. The Morgan fingerprint density at radius 3 is 2.89 bits per heavy atom. The zero-order valence-electron chi connectivity index (χ0n) is 10.3. The summed E-state index contributed by atoms with van der Waals surface area (Å²) in [6, 6.07) is 5.07. The molecule has 0 aliphatic heterocycles. The molecule has 0 spiro atoms. The molecular weight excluding hydrogens is 262 g/mol. The molecule has 5 heteroatoms. The zero-order valence-corrected chi connectivity index (χ0v) is 11.9. The van der Waals surface area contributed by atoms with Gasteiger partial charge < -0.3 is 5.32 Å². The number of nitrogens with one attached hydrogen (secondary N) is 1. The molecule has 0 radical (unpaired) electrons. The van der Waals surface area contributed by atoms with Crippen molar-refractivity contribution in [3.8, 4) is 0 Å². The third kappa shape index (κ3) is 3.60. The molecule has 1 N–H and O–H groups in total. The van der Waals surface area contributed by atoms with E-state index in [-0.39, 0.29) is 0 Å². The Morgan fingerprint density at radius 1 is 1.22 bits per heavy atom. The minimum atomic E-state index is 0.746. The minimum Gasteiger partial charge on any atom is -0.308 e. The van der Waals surface area contributed by atoms with Gasteiger partial charge >= 0.3 is 0 Å². The molecule has 0 amide bonds. The van der Waals surface area contributed by atoms with Gasteiger partial charge in [0.05, 0.1) is 0 Å². The van der Waals surface area contributed by atoms with Crippen molar-refractivity contribution in [3.05, 3.63) is 32.4 Å². The van der Waals surface area contributed by atoms with Crippen molar-refractivity contribution >= 4 is 22.7 Å². The molecular formula is C13H17N3S2. The molecule has 2 aromatic heterocycles. The van der Waals surface area contributed by atoms with Crippen LogP contribution in [-0.2, 0) is 19.4 Å². The van der Waals surface area contributed by atoms with Crippen molar-refractivity contribution in [1.29, 1.82) is 0 Å². The first-order valence-corrected chi connectivity index (χ1v) is 8.17. The molecule has 2 aromatic rings. The van der Waals surface area contributed by atoms with Gasteiger partial charge in [-0.05, 0) is 37.1 Å². The van der Waals surface area contributed by atoms with Gasteiger partial charge in [0.15, 0.2) is 0 Å².